The van der Waals surface area contributed by atoms with Crippen LogP contribution in [0.3, 0.4) is 0 Å². The van der Waals surface area contributed by atoms with E-state index in [-0.39, 0.29) is 0 Å². The summed E-state index contributed by atoms with van der Waals surface area (Å²) >= 11 is 0. The van der Waals surface area contributed by atoms with Crippen LogP contribution in [0.4, 0.5) is 16.3 Å². The first kappa shape index (κ1) is 15.4. The van der Waals surface area contributed by atoms with Gasteiger partial charge in [-0.2, -0.15) is 0 Å². The zero-order chi connectivity index (χ0) is 17.4. The Kier molecular flexibility index (Phi) is 3.76. The van der Waals surface area contributed by atoms with Gasteiger partial charge in [-0.1, -0.05) is 25.0 Å². The number of nitrogens with one attached hydrogen (secondary N) is 1. The summed E-state index contributed by atoms with van der Waals surface area (Å²) in [5.41, 5.74) is 9.47. The molecule has 2 aromatic heterocycles. The van der Waals surface area contributed by atoms with Crippen molar-refractivity contribution in [3.63, 3.8) is 0 Å². The number of carboxylic acid groups (broad SMARTS) is 1. The monoisotopic (exact) mass is 337 g/mol. The Morgan fingerprint density at radius 3 is 2.60 bits per heavy atom. The normalized spacial score (nSPS) is 14.9. The van der Waals surface area contributed by atoms with Gasteiger partial charge in [0.05, 0.1) is 5.39 Å². The van der Waals surface area contributed by atoms with Crippen LogP contribution in [-0.2, 0) is 0 Å². The van der Waals surface area contributed by atoms with E-state index < -0.39 is 6.09 Å². The maximum Gasteiger partial charge on any atom is 0.409 e. The fourth-order valence-corrected chi connectivity index (χ4v) is 3.64. The minimum Gasteiger partial charge on any atom is -0.465 e. The summed E-state index contributed by atoms with van der Waals surface area (Å²) in [7, 11) is 0. The van der Waals surface area contributed by atoms with Gasteiger partial charge in [-0.15, -0.1) is 0 Å². The summed E-state index contributed by atoms with van der Waals surface area (Å²) in [6, 6.07) is 7.68. The molecule has 0 unspecified atom stereocenters. The van der Waals surface area contributed by atoms with Gasteiger partial charge in [0.15, 0.2) is 0 Å². The number of aromatic nitrogens is 3. The van der Waals surface area contributed by atoms with E-state index in [4.69, 9.17) is 10.8 Å². The molecule has 1 amide bonds. The van der Waals surface area contributed by atoms with E-state index in [1.54, 1.807) is 12.1 Å². The third-order valence-corrected chi connectivity index (χ3v) is 4.80. The fourth-order valence-electron chi connectivity index (χ4n) is 3.64. The maximum absolute atomic E-state index is 10.7. The fraction of sp³-hybridized carbons (Fsp3) is 0.278. The Morgan fingerprint density at radius 2 is 1.92 bits per heavy atom. The predicted octanol–water partition coefficient (Wildman–Crippen LogP) is 3.89. The van der Waals surface area contributed by atoms with Crippen molar-refractivity contribution in [3.05, 3.63) is 36.8 Å². The van der Waals surface area contributed by atoms with Gasteiger partial charge < -0.3 is 15.4 Å². The Labute approximate surface area is 144 Å². The van der Waals surface area contributed by atoms with E-state index in [9.17, 15) is 4.79 Å². The Morgan fingerprint density at radius 1 is 1.20 bits per heavy atom. The van der Waals surface area contributed by atoms with Crippen LogP contribution in [0.1, 0.15) is 31.7 Å². The first-order valence-electron chi connectivity index (χ1n) is 8.35. The summed E-state index contributed by atoms with van der Waals surface area (Å²) in [4.78, 5) is 19.4. The van der Waals surface area contributed by atoms with Gasteiger partial charge in [-0.3, -0.25) is 5.32 Å². The number of rotatable bonds is 3. The molecule has 4 N–H and O–H groups in total. The maximum atomic E-state index is 10.7. The van der Waals surface area contributed by atoms with Crippen molar-refractivity contribution < 1.29 is 9.90 Å². The topological polar surface area (TPSA) is 106 Å². The van der Waals surface area contributed by atoms with Crippen molar-refractivity contribution in [1.82, 2.24) is 14.5 Å². The Bertz CT molecular complexity index is 927. The number of fused-ring (bicyclic) bond motifs is 1. The smallest absolute Gasteiger partial charge is 0.409 e. The van der Waals surface area contributed by atoms with E-state index in [2.05, 4.69) is 26.0 Å². The minimum atomic E-state index is -1.08. The van der Waals surface area contributed by atoms with Crippen LogP contribution in [0.25, 0.3) is 22.2 Å². The van der Waals surface area contributed by atoms with Gasteiger partial charge >= 0.3 is 6.09 Å². The molecule has 1 aromatic carbocycles. The SMILES string of the molecule is Nc1ncnc2c1c(-c1ccc(NC(=O)O)cc1)cn2C1CCCC1. The van der Waals surface area contributed by atoms with Crippen LogP contribution < -0.4 is 11.1 Å². The molecule has 25 heavy (non-hydrogen) atoms. The van der Waals surface area contributed by atoms with Crippen molar-refractivity contribution in [3.8, 4) is 11.1 Å². The molecule has 1 aliphatic rings. The van der Waals surface area contributed by atoms with Gasteiger partial charge in [0.2, 0.25) is 0 Å². The second-order valence-corrected chi connectivity index (χ2v) is 6.35. The van der Waals surface area contributed by atoms with Gasteiger partial charge in [-0.05, 0) is 30.5 Å². The summed E-state index contributed by atoms with van der Waals surface area (Å²) in [5, 5.41) is 12.0. The molecule has 7 nitrogen and oxygen atoms in total. The molecule has 0 bridgehead atoms. The molecule has 0 radical (unpaired) electrons. The summed E-state index contributed by atoms with van der Waals surface area (Å²) in [6.07, 6.45) is 7.29. The molecule has 3 aromatic rings. The molecule has 0 spiro atoms. The average molecular weight is 337 g/mol. The molecule has 4 rings (SSSR count). The van der Waals surface area contributed by atoms with Gasteiger partial charge in [0, 0.05) is 23.5 Å². The molecule has 128 valence electrons. The number of hydrogen-bond acceptors (Lipinski definition) is 4. The highest BCUT2D eigenvalue weighted by molar-refractivity contribution is 6.01. The summed E-state index contributed by atoms with van der Waals surface area (Å²) < 4.78 is 2.22. The summed E-state index contributed by atoms with van der Waals surface area (Å²) in [5.74, 6) is 0.462. The first-order chi connectivity index (χ1) is 12.1. The lowest BCUT2D eigenvalue weighted by atomic mass is 10.1. The lowest BCUT2D eigenvalue weighted by molar-refractivity contribution is 0.210. The minimum absolute atomic E-state index is 0.443. The second-order valence-electron chi connectivity index (χ2n) is 6.35. The van der Waals surface area contributed by atoms with E-state index in [1.165, 1.54) is 19.2 Å². The number of nitrogen functional groups attached to an aromatic ring is 1. The van der Waals surface area contributed by atoms with Crippen molar-refractivity contribution in [2.24, 2.45) is 0 Å². The van der Waals surface area contributed by atoms with Gasteiger partial charge in [-0.25, -0.2) is 14.8 Å². The molecular weight excluding hydrogens is 318 g/mol. The van der Waals surface area contributed by atoms with Crippen molar-refractivity contribution in [2.75, 3.05) is 11.1 Å². The number of carbonyl (C=O) groups is 1. The van der Waals surface area contributed by atoms with Crippen LogP contribution in [0.2, 0.25) is 0 Å². The van der Waals surface area contributed by atoms with Crippen molar-refractivity contribution in [2.45, 2.75) is 31.7 Å². The highest BCUT2D eigenvalue weighted by Gasteiger charge is 2.22. The molecule has 2 heterocycles. The van der Waals surface area contributed by atoms with E-state index in [0.717, 1.165) is 35.0 Å². The largest absolute Gasteiger partial charge is 0.465 e. The number of nitrogens with two attached hydrogens (primary N) is 1. The van der Waals surface area contributed by atoms with E-state index in [0.29, 0.717) is 17.5 Å². The van der Waals surface area contributed by atoms with Crippen molar-refractivity contribution >= 4 is 28.6 Å². The number of nitrogens with zero attached hydrogens (tertiary/aromatic N) is 3. The van der Waals surface area contributed by atoms with Crippen molar-refractivity contribution in [1.29, 1.82) is 0 Å². The molecule has 1 aliphatic carbocycles. The second kappa shape index (κ2) is 6.08. The lowest BCUT2D eigenvalue weighted by Gasteiger charge is -2.12. The number of amides is 1. The summed E-state index contributed by atoms with van der Waals surface area (Å²) in [6.45, 7) is 0. The van der Waals surface area contributed by atoms with Crippen LogP contribution in [-0.4, -0.2) is 25.7 Å². The van der Waals surface area contributed by atoms with Crippen LogP contribution in [0.15, 0.2) is 36.8 Å². The number of anilines is 2. The molecule has 7 heteroatoms. The third-order valence-electron chi connectivity index (χ3n) is 4.80. The number of hydrogen-bond donors (Lipinski definition) is 3. The number of benzene rings is 1. The average Bonchev–Trinajstić information content (AvgIpc) is 3.23. The van der Waals surface area contributed by atoms with Crippen LogP contribution in [0.5, 0.6) is 0 Å². The molecule has 0 saturated heterocycles. The zero-order valence-corrected chi connectivity index (χ0v) is 13.6. The first-order valence-corrected chi connectivity index (χ1v) is 8.35. The Hall–Kier alpha value is -3.09. The third kappa shape index (κ3) is 2.77. The predicted molar refractivity (Wildman–Crippen MR) is 96.5 cm³/mol. The molecule has 1 fully saturated rings. The highest BCUT2D eigenvalue weighted by Crippen LogP contribution is 2.38. The molecular formula is C18H19N5O2. The zero-order valence-electron chi connectivity index (χ0n) is 13.6. The van der Waals surface area contributed by atoms with Crippen LogP contribution in [0, 0.1) is 0 Å². The molecule has 0 aliphatic heterocycles. The van der Waals surface area contributed by atoms with Gasteiger partial charge in [0.1, 0.15) is 17.8 Å². The quantitative estimate of drug-likeness (QED) is 0.672. The van der Waals surface area contributed by atoms with Crippen LogP contribution >= 0.6 is 0 Å². The molecule has 1 saturated carbocycles. The van der Waals surface area contributed by atoms with E-state index >= 15 is 0 Å². The standard InChI is InChI=1S/C18H19N5O2/c19-16-15-14(11-5-7-12(8-6-11)22-18(24)25)9-23(13-3-1-2-4-13)17(15)21-10-20-16/h5-10,13,22H,1-4H2,(H,24,25)(H2,19,20,21). The highest BCUT2D eigenvalue weighted by atomic mass is 16.4. The van der Waals surface area contributed by atoms with Gasteiger partial charge in [0.25, 0.3) is 0 Å². The lowest BCUT2D eigenvalue weighted by Crippen LogP contribution is -2.06. The molecule has 0 atom stereocenters. The van der Waals surface area contributed by atoms with E-state index in [1.807, 2.05) is 12.1 Å². The Balaban J connectivity index is 1.82.